The zero-order chi connectivity index (χ0) is 12.4. The highest BCUT2D eigenvalue weighted by molar-refractivity contribution is 6.36. The highest BCUT2D eigenvalue weighted by Crippen LogP contribution is 2.31. The van der Waals surface area contributed by atoms with Gasteiger partial charge in [0, 0.05) is 27.7 Å². The molecule has 0 aromatic heterocycles. The molecule has 2 aromatic rings. The van der Waals surface area contributed by atoms with Gasteiger partial charge in [0.05, 0.1) is 0 Å². The number of rotatable bonds is 2. The lowest BCUT2D eigenvalue weighted by atomic mass is 10.0. The molecule has 0 aliphatic rings. The molecule has 88 valence electrons. The van der Waals surface area contributed by atoms with Crippen molar-refractivity contribution < 1.29 is 4.39 Å². The standard InChI is InChI=1S/C13H10Cl2FN/c14-10-3-4-11(12(15)6-10)8-1-2-9(7-17)13(16)5-8/h1-6H,7,17H2. The van der Waals surface area contributed by atoms with E-state index in [1.807, 2.05) is 0 Å². The number of hydrogen-bond donors (Lipinski definition) is 1. The summed E-state index contributed by atoms with van der Waals surface area (Å²) in [6.45, 7) is 0.181. The first-order chi connectivity index (χ1) is 8.11. The molecule has 4 heteroatoms. The first-order valence-electron chi connectivity index (χ1n) is 5.05. The fourth-order valence-electron chi connectivity index (χ4n) is 1.60. The van der Waals surface area contributed by atoms with Crippen molar-refractivity contribution >= 4 is 23.2 Å². The molecular weight excluding hydrogens is 260 g/mol. The van der Waals surface area contributed by atoms with Gasteiger partial charge in [0.1, 0.15) is 5.82 Å². The van der Waals surface area contributed by atoms with Gasteiger partial charge >= 0.3 is 0 Å². The summed E-state index contributed by atoms with van der Waals surface area (Å²) in [4.78, 5) is 0. The van der Waals surface area contributed by atoms with Gasteiger partial charge in [-0.2, -0.15) is 0 Å². The Morgan fingerprint density at radius 3 is 2.41 bits per heavy atom. The molecule has 0 unspecified atom stereocenters. The smallest absolute Gasteiger partial charge is 0.128 e. The second kappa shape index (κ2) is 5.05. The van der Waals surface area contributed by atoms with Gasteiger partial charge in [-0.1, -0.05) is 41.4 Å². The van der Waals surface area contributed by atoms with Crippen LogP contribution >= 0.6 is 23.2 Å². The summed E-state index contributed by atoms with van der Waals surface area (Å²) in [6, 6.07) is 10.00. The Morgan fingerprint density at radius 2 is 1.82 bits per heavy atom. The third-order valence-electron chi connectivity index (χ3n) is 2.52. The SMILES string of the molecule is NCc1ccc(-c2ccc(Cl)cc2Cl)cc1F. The van der Waals surface area contributed by atoms with E-state index in [4.69, 9.17) is 28.9 Å². The van der Waals surface area contributed by atoms with Crippen molar-refractivity contribution in [3.05, 3.63) is 57.8 Å². The Balaban J connectivity index is 2.50. The Hall–Kier alpha value is -1.09. The van der Waals surface area contributed by atoms with Crippen molar-refractivity contribution in [1.82, 2.24) is 0 Å². The van der Waals surface area contributed by atoms with E-state index in [0.717, 1.165) is 5.56 Å². The summed E-state index contributed by atoms with van der Waals surface area (Å²) >= 11 is 11.9. The predicted molar refractivity (Wildman–Crippen MR) is 69.7 cm³/mol. The minimum Gasteiger partial charge on any atom is -0.326 e. The first kappa shape index (κ1) is 12.4. The van der Waals surface area contributed by atoms with Gasteiger partial charge in [0.2, 0.25) is 0 Å². The van der Waals surface area contributed by atoms with Crippen LogP contribution in [0.15, 0.2) is 36.4 Å². The molecule has 0 heterocycles. The summed E-state index contributed by atoms with van der Waals surface area (Å²) in [5.41, 5.74) is 7.35. The van der Waals surface area contributed by atoms with E-state index in [9.17, 15) is 4.39 Å². The molecule has 0 amide bonds. The Morgan fingerprint density at radius 1 is 1.06 bits per heavy atom. The zero-order valence-corrected chi connectivity index (χ0v) is 10.4. The van der Waals surface area contributed by atoms with Gasteiger partial charge in [-0.05, 0) is 23.8 Å². The van der Waals surface area contributed by atoms with Gasteiger partial charge in [-0.3, -0.25) is 0 Å². The van der Waals surface area contributed by atoms with Crippen LogP contribution < -0.4 is 5.73 Å². The van der Waals surface area contributed by atoms with Crippen LogP contribution in [-0.2, 0) is 6.54 Å². The van der Waals surface area contributed by atoms with Crippen LogP contribution in [0.3, 0.4) is 0 Å². The molecule has 0 radical (unpaired) electrons. The molecule has 0 bridgehead atoms. The average molecular weight is 270 g/mol. The minimum atomic E-state index is -0.323. The van der Waals surface area contributed by atoms with E-state index in [1.54, 1.807) is 30.3 Å². The molecule has 1 nitrogen and oxygen atoms in total. The first-order valence-corrected chi connectivity index (χ1v) is 5.81. The molecule has 2 rings (SSSR count). The van der Waals surface area contributed by atoms with Crippen LogP contribution in [0.5, 0.6) is 0 Å². The van der Waals surface area contributed by atoms with Crippen molar-refractivity contribution in [3.8, 4) is 11.1 Å². The maximum absolute atomic E-state index is 13.6. The van der Waals surface area contributed by atoms with E-state index >= 15 is 0 Å². The molecule has 0 fully saturated rings. The number of nitrogens with two attached hydrogens (primary N) is 1. The summed E-state index contributed by atoms with van der Waals surface area (Å²) in [6.07, 6.45) is 0. The van der Waals surface area contributed by atoms with E-state index < -0.39 is 0 Å². The lowest BCUT2D eigenvalue weighted by molar-refractivity contribution is 0.611. The Bertz CT molecular complexity index is 555. The van der Waals surface area contributed by atoms with Crippen molar-refractivity contribution in [1.29, 1.82) is 0 Å². The second-order valence-electron chi connectivity index (χ2n) is 3.63. The highest BCUT2D eigenvalue weighted by atomic mass is 35.5. The Kier molecular flexibility index (Phi) is 3.67. The fraction of sp³-hybridized carbons (Fsp3) is 0.0769. The summed E-state index contributed by atoms with van der Waals surface area (Å²) < 4.78 is 13.6. The Labute approximate surface area is 109 Å². The summed E-state index contributed by atoms with van der Waals surface area (Å²) in [5, 5.41) is 1.05. The number of benzene rings is 2. The highest BCUT2D eigenvalue weighted by Gasteiger charge is 2.07. The van der Waals surface area contributed by atoms with Crippen LogP contribution in [0.2, 0.25) is 10.0 Å². The molecule has 0 saturated carbocycles. The van der Waals surface area contributed by atoms with Gasteiger partial charge in [0.25, 0.3) is 0 Å². The van der Waals surface area contributed by atoms with Crippen molar-refractivity contribution in [2.24, 2.45) is 5.73 Å². The predicted octanol–water partition coefficient (Wildman–Crippen LogP) is 4.26. The van der Waals surface area contributed by atoms with Gasteiger partial charge in [0.15, 0.2) is 0 Å². The van der Waals surface area contributed by atoms with E-state index in [1.165, 1.54) is 6.07 Å². The molecule has 2 N–H and O–H groups in total. The lowest BCUT2D eigenvalue weighted by Crippen LogP contribution is -1.99. The number of hydrogen-bond acceptors (Lipinski definition) is 1. The maximum Gasteiger partial charge on any atom is 0.128 e. The molecule has 17 heavy (non-hydrogen) atoms. The van der Waals surface area contributed by atoms with Crippen LogP contribution in [0, 0.1) is 5.82 Å². The minimum absolute atomic E-state index is 0.181. The van der Waals surface area contributed by atoms with Crippen LogP contribution in [0.4, 0.5) is 4.39 Å². The van der Waals surface area contributed by atoms with Gasteiger partial charge in [-0.25, -0.2) is 4.39 Å². The van der Waals surface area contributed by atoms with E-state index in [0.29, 0.717) is 21.2 Å². The quantitative estimate of drug-likeness (QED) is 0.866. The average Bonchev–Trinajstić information content (AvgIpc) is 2.29. The van der Waals surface area contributed by atoms with E-state index in [-0.39, 0.29) is 12.4 Å². The maximum atomic E-state index is 13.6. The zero-order valence-electron chi connectivity index (χ0n) is 8.88. The van der Waals surface area contributed by atoms with Crippen molar-refractivity contribution in [2.45, 2.75) is 6.54 Å². The van der Waals surface area contributed by atoms with Crippen LogP contribution in [0.1, 0.15) is 5.56 Å². The fourth-order valence-corrected chi connectivity index (χ4v) is 2.12. The summed E-state index contributed by atoms with van der Waals surface area (Å²) in [7, 11) is 0. The molecule has 0 aliphatic heterocycles. The lowest BCUT2D eigenvalue weighted by Gasteiger charge is -2.07. The number of halogens is 3. The van der Waals surface area contributed by atoms with Gasteiger partial charge in [-0.15, -0.1) is 0 Å². The molecular formula is C13H10Cl2FN. The molecule has 0 atom stereocenters. The molecule has 0 saturated heterocycles. The third-order valence-corrected chi connectivity index (χ3v) is 3.06. The van der Waals surface area contributed by atoms with Crippen molar-refractivity contribution in [3.63, 3.8) is 0 Å². The molecule has 0 spiro atoms. The van der Waals surface area contributed by atoms with Gasteiger partial charge < -0.3 is 5.73 Å². The van der Waals surface area contributed by atoms with E-state index in [2.05, 4.69) is 0 Å². The third kappa shape index (κ3) is 2.60. The molecule has 0 aliphatic carbocycles. The molecule has 2 aromatic carbocycles. The monoisotopic (exact) mass is 269 g/mol. The van der Waals surface area contributed by atoms with Crippen LogP contribution in [-0.4, -0.2) is 0 Å². The normalized spacial score (nSPS) is 10.6. The topological polar surface area (TPSA) is 26.0 Å². The second-order valence-corrected chi connectivity index (χ2v) is 4.48. The van der Waals surface area contributed by atoms with Crippen molar-refractivity contribution in [2.75, 3.05) is 0 Å². The van der Waals surface area contributed by atoms with Crippen LogP contribution in [0.25, 0.3) is 11.1 Å². The summed E-state index contributed by atoms with van der Waals surface area (Å²) in [5.74, 6) is -0.323. The largest absolute Gasteiger partial charge is 0.326 e.